The molecule has 0 atom stereocenters. The summed E-state index contributed by atoms with van der Waals surface area (Å²) in [4.78, 5) is 31.8. The highest BCUT2D eigenvalue weighted by Crippen LogP contribution is 2.33. The molecule has 3 rings (SSSR count). The minimum atomic E-state index is -0.338. The van der Waals surface area contributed by atoms with E-state index in [4.69, 9.17) is 25.9 Å². The second kappa shape index (κ2) is 18.8. The number of carbonyl (C=O) groups is 3. The van der Waals surface area contributed by atoms with E-state index in [1.165, 1.54) is 29.5 Å². The van der Waals surface area contributed by atoms with E-state index in [2.05, 4.69) is 17.3 Å². The molecular formula is C26H34ClFN2O4S. The van der Waals surface area contributed by atoms with Gasteiger partial charge in [0, 0.05) is 29.6 Å². The number of likely N-dealkylation sites (N-methyl/N-ethyl adjacent to an activating group) is 1. The zero-order chi connectivity index (χ0) is 26.8. The van der Waals surface area contributed by atoms with E-state index in [0.717, 1.165) is 37.4 Å². The van der Waals surface area contributed by atoms with Crippen molar-refractivity contribution >= 4 is 42.8 Å². The maximum atomic E-state index is 13.4. The SMILES string of the molecule is C/C(Cl)=C(\Sc1cc(F)ccc1C)C(=O)NCc1ccc(C)cc1.C=O.C=O.CN1CCOCC1. The minimum absolute atomic E-state index is 0.267. The van der Waals surface area contributed by atoms with E-state index < -0.39 is 0 Å². The molecule has 0 spiro atoms. The maximum absolute atomic E-state index is 13.4. The molecule has 2 aromatic carbocycles. The molecule has 1 fully saturated rings. The Morgan fingerprint density at radius 3 is 2.14 bits per heavy atom. The Labute approximate surface area is 216 Å². The molecule has 1 N–H and O–H groups in total. The van der Waals surface area contributed by atoms with Crippen LogP contribution in [-0.2, 0) is 25.7 Å². The number of rotatable bonds is 5. The van der Waals surface area contributed by atoms with Crippen LogP contribution in [0.25, 0.3) is 0 Å². The van der Waals surface area contributed by atoms with E-state index in [-0.39, 0.29) is 11.7 Å². The average Bonchev–Trinajstić information content (AvgIpc) is 2.87. The predicted molar refractivity (Wildman–Crippen MR) is 141 cm³/mol. The number of ether oxygens (including phenoxy) is 1. The van der Waals surface area contributed by atoms with Crippen molar-refractivity contribution in [1.82, 2.24) is 10.2 Å². The van der Waals surface area contributed by atoms with Gasteiger partial charge in [-0.2, -0.15) is 0 Å². The Hall–Kier alpha value is -2.52. The topological polar surface area (TPSA) is 75.7 Å². The molecule has 0 aromatic heterocycles. The van der Waals surface area contributed by atoms with Crippen LogP contribution in [0.15, 0.2) is 57.3 Å². The number of benzene rings is 2. The van der Waals surface area contributed by atoms with Crippen LogP contribution in [0.4, 0.5) is 4.39 Å². The molecule has 192 valence electrons. The van der Waals surface area contributed by atoms with Crippen LogP contribution in [-0.4, -0.2) is 57.7 Å². The molecule has 1 saturated heterocycles. The average molecular weight is 525 g/mol. The van der Waals surface area contributed by atoms with Crippen LogP contribution >= 0.6 is 23.4 Å². The summed E-state index contributed by atoms with van der Waals surface area (Å²) in [6.07, 6.45) is 0. The first-order valence-corrected chi connectivity index (χ1v) is 11.9. The summed E-state index contributed by atoms with van der Waals surface area (Å²) in [5.41, 5.74) is 3.06. The van der Waals surface area contributed by atoms with Gasteiger partial charge >= 0.3 is 0 Å². The summed E-state index contributed by atoms with van der Waals surface area (Å²) in [5, 5.41) is 3.24. The molecule has 1 amide bonds. The van der Waals surface area contributed by atoms with Gasteiger partial charge in [0.1, 0.15) is 19.4 Å². The zero-order valence-corrected chi connectivity index (χ0v) is 22.3. The zero-order valence-electron chi connectivity index (χ0n) is 20.7. The summed E-state index contributed by atoms with van der Waals surface area (Å²) in [7, 11) is 2.11. The standard InChI is InChI=1S/C19H19ClFNOS.C5H11NO.2CH2O/c1-12-4-7-15(8-5-12)11-22-19(23)18(14(3)20)24-17-10-16(21)9-6-13(17)2;1-6-2-4-7-5-3-6;2*1-2/h4-10H,11H2,1-3H3,(H,22,23);2-5H2,1H3;2*1H2/b18-14+;;;. The normalized spacial score (nSPS) is 13.4. The molecule has 2 aromatic rings. The highest BCUT2D eigenvalue weighted by Gasteiger charge is 2.15. The Kier molecular flexibility index (Phi) is 17.4. The second-order valence-corrected chi connectivity index (χ2v) is 9.08. The van der Waals surface area contributed by atoms with Gasteiger partial charge in [0.05, 0.1) is 18.1 Å². The van der Waals surface area contributed by atoms with Gasteiger partial charge in [0.15, 0.2) is 0 Å². The smallest absolute Gasteiger partial charge is 0.259 e. The number of aryl methyl sites for hydroxylation is 2. The van der Waals surface area contributed by atoms with Gasteiger partial charge in [-0.05, 0) is 51.1 Å². The van der Waals surface area contributed by atoms with Gasteiger partial charge in [-0.15, -0.1) is 0 Å². The Morgan fingerprint density at radius 1 is 1.09 bits per heavy atom. The number of nitrogens with zero attached hydrogens (tertiary/aromatic N) is 1. The van der Waals surface area contributed by atoms with E-state index in [1.54, 1.807) is 13.0 Å². The molecule has 1 aliphatic rings. The summed E-state index contributed by atoms with van der Waals surface area (Å²) in [6.45, 7) is 14.0. The van der Waals surface area contributed by atoms with Gasteiger partial charge in [-0.1, -0.05) is 59.3 Å². The lowest BCUT2D eigenvalue weighted by Crippen LogP contribution is -2.32. The highest BCUT2D eigenvalue weighted by atomic mass is 35.5. The highest BCUT2D eigenvalue weighted by molar-refractivity contribution is 8.04. The van der Waals surface area contributed by atoms with Gasteiger partial charge in [-0.3, -0.25) is 4.79 Å². The quantitative estimate of drug-likeness (QED) is 0.443. The minimum Gasteiger partial charge on any atom is -0.379 e. The first-order chi connectivity index (χ1) is 16.8. The van der Waals surface area contributed by atoms with Crippen molar-refractivity contribution in [2.75, 3.05) is 33.4 Å². The number of halogens is 2. The van der Waals surface area contributed by atoms with Crippen LogP contribution < -0.4 is 5.32 Å². The van der Waals surface area contributed by atoms with Crippen LogP contribution in [0, 0.1) is 19.7 Å². The van der Waals surface area contributed by atoms with Crippen molar-refractivity contribution in [2.45, 2.75) is 32.2 Å². The van der Waals surface area contributed by atoms with Crippen LogP contribution in [0.2, 0.25) is 0 Å². The van der Waals surface area contributed by atoms with Gasteiger partial charge in [0.25, 0.3) is 5.91 Å². The summed E-state index contributed by atoms with van der Waals surface area (Å²) in [6, 6.07) is 12.4. The molecule has 0 aliphatic carbocycles. The molecule has 0 radical (unpaired) electrons. The van der Waals surface area contributed by atoms with Crippen LogP contribution in [0.3, 0.4) is 0 Å². The maximum Gasteiger partial charge on any atom is 0.259 e. The summed E-state index contributed by atoms with van der Waals surface area (Å²) < 4.78 is 18.5. The Bertz CT molecular complexity index is 929. The number of carbonyl (C=O) groups excluding carboxylic acids is 3. The fourth-order valence-electron chi connectivity index (χ4n) is 2.69. The molecule has 9 heteroatoms. The van der Waals surface area contributed by atoms with Crippen molar-refractivity contribution in [2.24, 2.45) is 0 Å². The molecule has 1 aliphatic heterocycles. The van der Waals surface area contributed by atoms with E-state index in [0.29, 0.717) is 21.4 Å². The lowest BCUT2D eigenvalue weighted by molar-refractivity contribution is -0.117. The number of hydrogen-bond acceptors (Lipinski definition) is 6. The van der Waals surface area contributed by atoms with Gasteiger partial charge in [-0.25, -0.2) is 4.39 Å². The van der Waals surface area contributed by atoms with Crippen molar-refractivity contribution < 1.29 is 23.5 Å². The largest absolute Gasteiger partial charge is 0.379 e. The third-order valence-corrected chi connectivity index (χ3v) is 6.35. The fraction of sp³-hybridized carbons (Fsp3) is 0.346. The third kappa shape index (κ3) is 13.2. The Balaban J connectivity index is 0.000000878. The Morgan fingerprint density at radius 2 is 1.66 bits per heavy atom. The molecule has 6 nitrogen and oxygen atoms in total. The lowest BCUT2D eigenvalue weighted by Gasteiger charge is -2.21. The van der Waals surface area contributed by atoms with Crippen LogP contribution in [0.1, 0.15) is 23.6 Å². The van der Waals surface area contributed by atoms with Crippen molar-refractivity contribution in [1.29, 1.82) is 0 Å². The first-order valence-electron chi connectivity index (χ1n) is 10.7. The van der Waals surface area contributed by atoms with Crippen molar-refractivity contribution in [3.8, 4) is 0 Å². The number of hydrogen-bond donors (Lipinski definition) is 1. The molecule has 1 heterocycles. The molecule has 0 bridgehead atoms. The van der Waals surface area contributed by atoms with E-state index >= 15 is 0 Å². The number of amides is 1. The molecule has 0 unspecified atom stereocenters. The molecule has 0 saturated carbocycles. The number of thioether (sulfide) groups is 1. The van der Waals surface area contributed by atoms with Crippen LogP contribution in [0.5, 0.6) is 0 Å². The lowest BCUT2D eigenvalue weighted by atomic mass is 10.1. The fourth-order valence-corrected chi connectivity index (χ4v) is 3.82. The summed E-state index contributed by atoms with van der Waals surface area (Å²) >= 11 is 7.27. The number of morpholine rings is 1. The number of allylic oxidation sites excluding steroid dienone is 1. The van der Waals surface area contributed by atoms with E-state index in [1.807, 2.05) is 51.7 Å². The van der Waals surface area contributed by atoms with Crippen molar-refractivity contribution in [3.63, 3.8) is 0 Å². The predicted octanol–water partition coefficient (Wildman–Crippen LogP) is 4.90. The molecular weight excluding hydrogens is 491 g/mol. The monoisotopic (exact) mass is 524 g/mol. The van der Waals surface area contributed by atoms with E-state index in [9.17, 15) is 9.18 Å². The number of nitrogens with one attached hydrogen (secondary N) is 1. The summed E-state index contributed by atoms with van der Waals surface area (Å²) in [5.74, 6) is -0.605. The van der Waals surface area contributed by atoms with Gasteiger partial charge in [0.2, 0.25) is 0 Å². The van der Waals surface area contributed by atoms with Crippen molar-refractivity contribution in [3.05, 3.63) is 74.9 Å². The second-order valence-electron chi connectivity index (χ2n) is 7.46. The first kappa shape index (κ1) is 32.5. The van der Waals surface area contributed by atoms with Gasteiger partial charge < -0.3 is 24.5 Å². The third-order valence-electron chi connectivity index (χ3n) is 4.69. The molecule has 35 heavy (non-hydrogen) atoms.